The van der Waals surface area contributed by atoms with Crippen LogP contribution in [0.5, 0.6) is 0 Å². The van der Waals surface area contributed by atoms with Crippen molar-refractivity contribution in [3.8, 4) is 0 Å². The van der Waals surface area contributed by atoms with Gasteiger partial charge in [0.15, 0.2) is 6.17 Å². The van der Waals surface area contributed by atoms with Crippen molar-refractivity contribution >= 4 is 28.9 Å². The summed E-state index contributed by atoms with van der Waals surface area (Å²) in [6.45, 7) is 3.98. The van der Waals surface area contributed by atoms with Crippen LogP contribution in [0.3, 0.4) is 0 Å². The minimum absolute atomic E-state index is 0.0610. The van der Waals surface area contributed by atoms with E-state index in [2.05, 4.69) is 10.3 Å². The molecule has 1 N–H and O–H groups in total. The van der Waals surface area contributed by atoms with E-state index in [0.717, 1.165) is 28.2 Å². The first-order valence-corrected chi connectivity index (χ1v) is 8.81. The van der Waals surface area contributed by atoms with Crippen LogP contribution < -0.4 is 10.2 Å². The standard InChI is InChI=1S/C21H18ClN3O/c1-13-8-10-15(11-9-13)25-20(19-16(21(25)26)5-4-12-23-19)24-18-7-3-6-17(22)14(18)2/h3-12,20,24H,1-2H3/t20-/m0/s1. The van der Waals surface area contributed by atoms with Gasteiger partial charge in [0.2, 0.25) is 0 Å². The maximum atomic E-state index is 13.1. The van der Waals surface area contributed by atoms with E-state index in [0.29, 0.717) is 10.6 Å². The third kappa shape index (κ3) is 2.72. The Labute approximate surface area is 157 Å². The first kappa shape index (κ1) is 16.6. The summed E-state index contributed by atoms with van der Waals surface area (Å²) in [5, 5.41) is 4.14. The van der Waals surface area contributed by atoms with Gasteiger partial charge in [-0.3, -0.25) is 14.7 Å². The SMILES string of the molecule is Cc1ccc(N2C(=O)c3cccnc3[C@H]2Nc2cccc(Cl)c2C)cc1. The number of nitrogens with zero attached hydrogens (tertiary/aromatic N) is 2. The Bertz CT molecular complexity index is 985. The van der Waals surface area contributed by atoms with Gasteiger partial charge in [0.25, 0.3) is 5.91 Å². The van der Waals surface area contributed by atoms with Gasteiger partial charge in [-0.1, -0.05) is 35.4 Å². The van der Waals surface area contributed by atoms with Crippen LogP contribution in [0.2, 0.25) is 5.02 Å². The second kappa shape index (κ2) is 6.46. The van der Waals surface area contributed by atoms with E-state index < -0.39 is 6.17 Å². The first-order valence-electron chi connectivity index (χ1n) is 8.43. The summed E-state index contributed by atoms with van der Waals surface area (Å²) in [4.78, 5) is 19.3. The second-order valence-corrected chi connectivity index (χ2v) is 6.81. The van der Waals surface area contributed by atoms with Crippen LogP contribution in [0, 0.1) is 13.8 Å². The lowest BCUT2D eigenvalue weighted by atomic mass is 10.1. The molecular weight excluding hydrogens is 346 g/mol. The highest BCUT2D eigenvalue weighted by Crippen LogP contribution is 2.38. The van der Waals surface area contributed by atoms with Crippen molar-refractivity contribution in [2.24, 2.45) is 0 Å². The number of nitrogens with one attached hydrogen (secondary N) is 1. The molecule has 26 heavy (non-hydrogen) atoms. The number of pyridine rings is 1. The van der Waals surface area contributed by atoms with Crippen LogP contribution in [0.1, 0.15) is 33.3 Å². The van der Waals surface area contributed by atoms with Crippen LogP contribution in [-0.4, -0.2) is 10.9 Å². The van der Waals surface area contributed by atoms with Gasteiger partial charge in [-0.25, -0.2) is 0 Å². The van der Waals surface area contributed by atoms with Crippen LogP contribution >= 0.6 is 11.6 Å². The predicted octanol–water partition coefficient (Wildman–Crippen LogP) is 5.12. The highest BCUT2D eigenvalue weighted by atomic mass is 35.5. The molecule has 0 aliphatic carbocycles. The Hall–Kier alpha value is -2.85. The summed E-state index contributed by atoms with van der Waals surface area (Å²) >= 11 is 6.26. The highest BCUT2D eigenvalue weighted by molar-refractivity contribution is 6.31. The Morgan fingerprint density at radius 1 is 1.04 bits per heavy atom. The fourth-order valence-electron chi connectivity index (χ4n) is 3.20. The zero-order valence-corrected chi connectivity index (χ0v) is 15.3. The van der Waals surface area contributed by atoms with E-state index in [1.807, 2.05) is 62.4 Å². The number of amides is 1. The van der Waals surface area contributed by atoms with Gasteiger partial charge in [-0.2, -0.15) is 0 Å². The number of hydrogen-bond acceptors (Lipinski definition) is 3. The lowest BCUT2D eigenvalue weighted by Gasteiger charge is -2.27. The normalized spacial score (nSPS) is 15.9. The van der Waals surface area contributed by atoms with E-state index in [9.17, 15) is 4.79 Å². The van der Waals surface area contributed by atoms with Crippen molar-refractivity contribution in [1.29, 1.82) is 0 Å². The number of halogens is 1. The fraction of sp³-hybridized carbons (Fsp3) is 0.143. The highest BCUT2D eigenvalue weighted by Gasteiger charge is 2.39. The van der Waals surface area contributed by atoms with Crippen LogP contribution in [-0.2, 0) is 0 Å². The Morgan fingerprint density at radius 2 is 1.81 bits per heavy atom. The lowest BCUT2D eigenvalue weighted by Crippen LogP contribution is -2.32. The van der Waals surface area contributed by atoms with Crippen LogP contribution in [0.4, 0.5) is 11.4 Å². The van der Waals surface area contributed by atoms with Crippen molar-refractivity contribution in [3.63, 3.8) is 0 Å². The maximum absolute atomic E-state index is 13.1. The van der Waals surface area contributed by atoms with Crippen molar-refractivity contribution in [3.05, 3.63) is 88.2 Å². The maximum Gasteiger partial charge on any atom is 0.262 e. The number of aryl methyl sites for hydroxylation is 1. The molecule has 1 aliphatic heterocycles. The molecule has 3 aromatic rings. The van der Waals surface area contributed by atoms with E-state index in [4.69, 9.17) is 11.6 Å². The van der Waals surface area contributed by atoms with Crippen LogP contribution in [0.25, 0.3) is 0 Å². The number of carbonyl (C=O) groups is 1. The number of benzene rings is 2. The van der Waals surface area contributed by atoms with Gasteiger partial charge in [0, 0.05) is 22.6 Å². The van der Waals surface area contributed by atoms with Gasteiger partial charge >= 0.3 is 0 Å². The van der Waals surface area contributed by atoms with E-state index in [1.165, 1.54) is 0 Å². The van der Waals surface area contributed by atoms with Crippen molar-refractivity contribution < 1.29 is 4.79 Å². The summed E-state index contributed by atoms with van der Waals surface area (Å²) in [5.74, 6) is -0.0610. The average Bonchev–Trinajstić information content (AvgIpc) is 2.92. The number of rotatable bonds is 3. The number of anilines is 2. The van der Waals surface area contributed by atoms with E-state index in [1.54, 1.807) is 17.2 Å². The lowest BCUT2D eigenvalue weighted by molar-refractivity contribution is 0.0993. The van der Waals surface area contributed by atoms with Crippen molar-refractivity contribution in [2.45, 2.75) is 20.0 Å². The molecule has 0 fully saturated rings. The third-order valence-corrected chi connectivity index (χ3v) is 5.09. The van der Waals surface area contributed by atoms with Gasteiger partial charge in [0.05, 0.1) is 11.3 Å². The van der Waals surface area contributed by atoms with Crippen molar-refractivity contribution in [1.82, 2.24) is 4.98 Å². The average molecular weight is 364 g/mol. The molecule has 2 heterocycles. The number of aromatic nitrogens is 1. The summed E-state index contributed by atoms with van der Waals surface area (Å²) in [6.07, 6.45) is 1.32. The summed E-state index contributed by atoms with van der Waals surface area (Å²) in [5.41, 5.74) is 5.13. The second-order valence-electron chi connectivity index (χ2n) is 6.41. The monoisotopic (exact) mass is 363 g/mol. The minimum Gasteiger partial charge on any atom is -0.360 e. The zero-order valence-electron chi connectivity index (χ0n) is 14.5. The van der Waals surface area contributed by atoms with Crippen molar-refractivity contribution in [2.75, 3.05) is 10.2 Å². The van der Waals surface area contributed by atoms with Crippen LogP contribution in [0.15, 0.2) is 60.8 Å². The Morgan fingerprint density at radius 3 is 2.58 bits per heavy atom. The molecule has 2 aromatic carbocycles. The minimum atomic E-state index is -0.390. The van der Waals surface area contributed by atoms with Gasteiger partial charge in [-0.05, 0) is 55.8 Å². The molecular formula is C21H18ClN3O. The first-order chi connectivity index (χ1) is 12.6. The van der Waals surface area contributed by atoms with Gasteiger partial charge < -0.3 is 5.32 Å². The quantitative estimate of drug-likeness (QED) is 0.702. The number of hydrogen-bond donors (Lipinski definition) is 1. The molecule has 0 spiro atoms. The van der Waals surface area contributed by atoms with Gasteiger partial charge in [0.1, 0.15) is 0 Å². The fourth-order valence-corrected chi connectivity index (χ4v) is 3.38. The molecule has 1 aromatic heterocycles. The molecule has 1 atom stereocenters. The van der Waals surface area contributed by atoms with Gasteiger partial charge in [-0.15, -0.1) is 0 Å². The molecule has 1 aliphatic rings. The molecule has 0 saturated heterocycles. The molecule has 0 saturated carbocycles. The number of carbonyl (C=O) groups excluding carboxylic acids is 1. The summed E-state index contributed by atoms with van der Waals surface area (Å²) in [6, 6.07) is 17.2. The predicted molar refractivity (Wildman–Crippen MR) is 105 cm³/mol. The zero-order chi connectivity index (χ0) is 18.3. The van der Waals surface area contributed by atoms with E-state index in [-0.39, 0.29) is 5.91 Å². The smallest absolute Gasteiger partial charge is 0.262 e. The largest absolute Gasteiger partial charge is 0.360 e. The molecule has 0 radical (unpaired) electrons. The topological polar surface area (TPSA) is 45.2 Å². The Balaban J connectivity index is 1.81. The molecule has 4 rings (SSSR count). The molecule has 0 unspecified atom stereocenters. The summed E-state index contributed by atoms with van der Waals surface area (Å²) < 4.78 is 0. The summed E-state index contributed by atoms with van der Waals surface area (Å²) in [7, 11) is 0. The number of fused-ring (bicyclic) bond motifs is 1. The Kier molecular flexibility index (Phi) is 4.13. The molecule has 0 bridgehead atoms. The third-order valence-electron chi connectivity index (χ3n) is 4.68. The molecule has 130 valence electrons. The molecule has 4 nitrogen and oxygen atoms in total. The van der Waals surface area contributed by atoms with E-state index >= 15 is 0 Å². The molecule has 5 heteroatoms. The molecule has 1 amide bonds.